The van der Waals surface area contributed by atoms with Gasteiger partial charge in [0.1, 0.15) is 17.9 Å². The molecule has 1 atom stereocenters. The van der Waals surface area contributed by atoms with E-state index in [2.05, 4.69) is 41.9 Å². The molecule has 1 amide bonds. The molecule has 14 heteroatoms. The average Bonchev–Trinajstić information content (AvgIpc) is 3.59. The topological polar surface area (TPSA) is 108 Å². The molecule has 0 spiro atoms. The number of hydroxylamine groups is 1. The van der Waals surface area contributed by atoms with Crippen LogP contribution in [0.2, 0.25) is 0 Å². The van der Waals surface area contributed by atoms with E-state index >= 15 is 0 Å². The number of piperidine rings is 1. The first-order valence-electron chi connectivity index (χ1n) is 16.8. The van der Waals surface area contributed by atoms with E-state index in [1.54, 1.807) is 19.2 Å². The Morgan fingerprint density at radius 3 is 2.43 bits per heavy atom. The van der Waals surface area contributed by atoms with E-state index in [4.69, 9.17) is 14.3 Å². The first-order chi connectivity index (χ1) is 23.9. The van der Waals surface area contributed by atoms with E-state index in [9.17, 15) is 13.6 Å². The predicted molar refractivity (Wildman–Crippen MR) is 182 cm³/mol. The number of amides is 1. The lowest BCUT2D eigenvalue weighted by atomic mass is 10.0. The van der Waals surface area contributed by atoms with E-state index in [1.165, 1.54) is 23.5 Å². The molecule has 3 aromatic rings. The standard InChI is InChI=1S/C35H42F2N8O4/c1-3-34(46)41-27-17-28(40-32-19-33(39-22-38-32)45-29(9-16-49-45)25-5-4-6-26(36)35(25)37)31(47-2)18-30(27)44-10-7-23(8-11-44)42-12-14-43(15-13-42)24-20-48-21-24/h3-6,17-19,22-24,29H,1,7-16,20-21H2,2H3,(H,41,46)(H,38,39,40). The molecular weight excluding hydrogens is 634 g/mol. The summed E-state index contributed by atoms with van der Waals surface area (Å²) in [5.41, 5.74) is 2.23. The second kappa shape index (κ2) is 14.6. The molecule has 4 saturated heterocycles. The number of rotatable bonds is 10. The minimum atomic E-state index is -0.914. The van der Waals surface area contributed by atoms with Gasteiger partial charge >= 0.3 is 0 Å². The minimum Gasteiger partial charge on any atom is -0.494 e. The Bertz CT molecular complexity index is 1660. The highest BCUT2D eigenvalue weighted by Gasteiger charge is 2.34. The van der Waals surface area contributed by atoms with Gasteiger partial charge in [-0.2, -0.15) is 0 Å². The Hall–Kier alpha value is -4.37. The van der Waals surface area contributed by atoms with Gasteiger partial charge in [-0.1, -0.05) is 18.7 Å². The third kappa shape index (κ3) is 7.04. The summed E-state index contributed by atoms with van der Waals surface area (Å²) in [4.78, 5) is 34.6. The summed E-state index contributed by atoms with van der Waals surface area (Å²) in [5.74, 6) is -0.799. The van der Waals surface area contributed by atoms with Crippen molar-refractivity contribution >= 4 is 34.6 Å². The van der Waals surface area contributed by atoms with Crippen LogP contribution in [-0.2, 0) is 14.4 Å². The Balaban J connectivity index is 1.07. The first-order valence-corrected chi connectivity index (χ1v) is 16.8. The molecule has 5 heterocycles. The van der Waals surface area contributed by atoms with Crippen LogP contribution in [0.4, 0.5) is 37.5 Å². The molecule has 260 valence electrons. The van der Waals surface area contributed by atoms with E-state index in [-0.39, 0.29) is 11.5 Å². The van der Waals surface area contributed by atoms with Crippen molar-refractivity contribution in [3.63, 3.8) is 0 Å². The quantitative estimate of drug-likeness (QED) is 0.297. The molecule has 1 aromatic heterocycles. The molecule has 0 bridgehead atoms. The number of hydrogen-bond acceptors (Lipinski definition) is 11. The number of anilines is 5. The van der Waals surface area contributed by atoms with Crippen molar-refractivity contribution in [2.24, 2.45) is 0 Å². The van der Waals surface area contributed by atoms with E-state index in [0.29, 0.717) is 53.9 Å². The zero-order chi connectivity index (χ0) is 33.9. The van der Waals surface area contributed by atoms with Crippen molar-refractivity contribution < 1.29 is 27.9 Å². The molecule has 2 aromatic carbocycles. The number of piperazine rings is 1. The number of nitrogens with one attached hydrogen (secondary N) is 2. The van der Waals surface area contributed by atoms with Crippen LogP contribution in [0.3, 0.4) is 0 Å². The highest BCUT2D eigenvalue weighted by molar-refractivity contribution is 6.02. The maximum atomic E-state index is 14.7. The lowest BCUT2D eigenvalue weighted by Gasteiger charge is -2.46. The van der Waals surface area contributed by atoms with E-state index in [0.717, 1.165) is 77.1 Å². The zero-order valence-electron chi connectivity index (χ0n) is 27.6. The SMILES string of the molecule is C=CC(=O)Nc1cc(Nc2cc(N3OCCC3c3cccc(F)c3F)ncn2)c(OC)cc1N1CCC(N2CCN(C3COC3)CC2)CC1. The fourth-order valence-corrected chi connectivity index (χ4v) is 7.18. The molecule has 1 unspecified atom stereocenters. The fraction of sp³-hybridized carbons (Fsp3) is 0.457. The molecule has 2 N–H and O–H groups in total. The van der Waals surface area contributed by atoms with Gasteiger partial charge in [0.2, 0.25) is 5.91 Å². The zero-order valence-corrected chi connectivity index (χ0v) is 27.6. The Kier molecular flexibility index (Phi) is 9.89. The molecule has 4 fully saturated rings. The van der Waals surface area contributed by atoms with E-state index in [1.807, 2.05) is 12.1 Å². The van der Waals surface area contributed by atoms with Crippen molar-refractivity contribution in [3.8, 4) is 5.75 Å². The summed E-state index contributed by atoms with van der Waals surface area (Å²) >= 11 is 0. The summed E-state index contributed by atoms with van der Waals surface area (Å²) in [7, 11) is 1.59. The van der Waals surface area contributed by atoms with Crippen LogP contribution in [-0.4, -0.2) is 104 Å². The molecule has 4 aliphatic heterocycles. The van der Waals surface area contributed by atoms with Crippen LogP contribution in [0.1, 0.15) is 30.9 Å². The maximum Gasteiger partial charge on any atom is 0.247 e. The van der Waals surface area contributed by atoms with Gasteiger partial charge in [0.05, 0.1) is 56.1 Å². The van der Waals surface area contributed by atoms with Crippen LogP contribution in [0.5, 0.6) is 5.75 Å². The molecule has 7 rings (SSSR count). The lowest BCUT2D eigenvalue weighted by molar-refractivity contribution is -0.111. The molecule has 49 heavy (non-hydrogen) atoms. The minimum absolute atomic E-state index is 0.191. The van der Waals surface area contributed by atoms with Gasteiger partial charge in [-0.3, -0.25) is 19.4 Å². The number of hydrogen-bond donors (Lipinski definition) is 2. The highest BCUT2D eigenvalue weighted by Crippen LogP contribution is 2.41. The van der Waals surface area contributed by atoms with Gasteiger partial charge in [-0.05, 0) is 31.1 Å². The molecular formula is C35H42F2N8O4. The smallest absolute Gasteiger partial charge is 0.247 e. The summed E-state index contributed by atoms with van der Waals surface area (Å²) in [5, 5.41) is 7.75. The summed E-state index contributed by atoms with van der Waals surface area (Å²) in [6.07, 6.45) is 5.11. The summed E-state index contributed by atoms with van der Waals surface area (Å²) < 4.78 is 40.0. The van der Waals surface area contributed by atoms with Gasteiger partial charge < -0.3 is 25.0 Å². The Morgan fingerprint density at radius 2 is 1.73 bits per heavy atom. The monoisotopic (exact) mass is 676 g/mol. The largest absolute Gasteiger partial charge is 0.494 e. The average molecular weight is 677 g/mol. The lowest BCUT2D eigenvalue weighted by Crippen LogP contribution is -2.59. The predicted octanol–water partition coefficient (Wildman–Crippen LogP) is 4.50. The second-order valence-electron chi connectivity index (χ2n) is 12.7. The number of aromatic nitrogens is 2. The first kappa shape index (κ1) is 33.1. The second-order valence-corrected chi connectivity index (χ2v) is 12.7. The van der Waals surface area contributed by atoms with Gasteiger partial charge in [0.15, 0.2) is 17.5 Å². The highest BCUT2D eigenvalue weighted by atomic mass is 19.2. The van der Waals surface area contributed by atoms with Crippen LogP contribution in [0, 0.1) is 11.6 Å². The van der Waals surface area contributed by atoms with Gasteiger partial charge in [-0.25, -0.2) is 23.8 Å². The van der Waals surface area contributed by atoms with Crippen LogP contribution < -0.4 is 25.3 Å². The normalized spacial score (nSPS) is 21.0. The molecule has 4 aliphatic rings. The Morgan fingerprint density at radius 1 is 0.980 bits per heavy atom. The van der Waals surface area contributed by atoms with Crippen molar-refractivity contribution in [2.75, 3.05) is 86.8 Å². The maximum absolute atomic E-state index is 14.7. The summed E-state index contributed by atoms with van der Waals surface area (Å²) in [6.45, 7) is 11.7. The summed E-state index contributed by atoms with van der Waals surface area (Å²) in [6, 6.07) is 10.1. The third-order valence-corrected chi connectivity index (χ3v) is 9.95. The van der Waals surface area contributed by atoms with Gasteiger partial charge in [0.25, 0.3) is 0 Å². The third-order valence-electron chi connectivity index (χ3n) is 9.95. The van der Waals surface area contributed by atoms with Crippen LogP contribution >= 0.6 is 0 Å². The van der Waals surface area contributed by atoms with Crippen LogP contribution in [0.15, 0.2) is 55.4 Å². The van der Waals surface area contributed by atoms with Gasteiger partial charge in [-0.15, -0.1) is 0 Å². The van der Waals surface area contributed by atoms with Gasteiger partial charge in [0, 0.05) is 69.4 Å². The van der Waals surface area contributed by atoms with Crippen molar-refractivity contribution in [1.82, 2.24) is 19.8 Å². The van der Waals surface area contributed by atoms with E-state index < -0.39 is 17.7 Å². The van der Waals surface area contributed by atoms with Crippen LogP contribution in [0.25, 0.3) is 0 Å². The number of ether oxygens (including phenoxy) is 2. The number of carbonyl (C=O) groups excluding carboxylic acids is 1. The number of halogens is 2. The molecule has 0 aliphatic carbocycles. The number of nitrogens with zero attached hydrogens (tertiary/aromatic N) is 6. The number of benzene rings is 2. The number of methoxy groups -OCH3 is 1. The Labute approximate surface area is 284 Å². The van der Waals surface area contributed by atoms with Crippen molar-refractivity contribution in [1.29, 1.82) is 0 Å². The van der Waals surface area contributed by atoms with Crippen molar-refractivity contribution in [3.05, 3.63) is 72.6 Å². The van der Waals surface area contributed by atoms with Crippen molar-refractivity contribution in [2.45, 2.75) is 37.4 Å². The molecule has 0 saturated carbocycles. The molecule has 12 nitrogen and oxygen atoms in total. The number of carbonyl (C=O) groups is 1. The fourth-order valence-electron chi connectivity index (χ4n) is 7.18. The molecule has 0 radical (unpaired) electrons.